The van der Waals surface area contributed by atoms with Gasteiger partial charge in [0, 0.05) is 36.2 Å². The largest absolute Gasteiger partial charge is 0.301 e. The van der Waals surface area contributed by atoms with Gasteiger partial charge in [-0.25, -0.2) is 0 Å². The minimum Gasteiger partial charge on any atom is -0.301 e. The van der Waals surface area contributed by atoms with E-state index in [4.69, 9.17) is 23.2 Å². The zero-order valence-electron chi connectivity index (χ0n) is 15.3. The van der Waals surface area contributed by atoms with Crippen molar-refractivity contribution in [3.63, 3.8) is 0 Å². The van der Waals surface area contributed by atoms with Gasteiger partial charge in [0.05, 0.1) is 0 Å². The number of halogens is 2. The van der Waals surface area contributed by atoms with E-state index in [0.717, 1.165) is 22.9 Å². The van der Waals surface area contributed by atoms with Gasteiger partial charge in [-0.1, -0.05) is 47.5 Å². The SMILES string of the molecule is Clc1ccc(CCCN2CCN(CCCc3ccc(Cl)cc3)CC2)cc1. The van der Waals surface area contributed by atoms with Crippen molar-refractivity contribution in [1.29, 1.82) is 0 Å². The van der Waals surface area contributed by atoms with E-state index >= 15 is 0 Å². The predicted molar refractivity (Wildman–Crippen MR) is 112 cm³/mol. The summed E-state index contributed by atoms with van der Waals surface area (Å²) in [5.74, 6) is 0. The lowest BCUT2D eigenvalue weighted by molar-refractivity contribution is 0.130. The van der Waals surface area contributed by atoms with E-state index in [1.54, 1.807) is 0 Å². The van der Waals surface area contributed by atoms with Crippen molar-refractivity contribution in [2.24, 2.45) is 0 Å². The highest BCUT2D eigenvalue weighted by atomic mass is 35.5. The van der Waals surface area contributed by atoms with Crippen molar-refractivity contribution >= 4 is 23.2 Å². The van der Waals surface area contributed by atoms with Gasteiger partial charge in [0.1, 0.15) is 0 Å². The van der Waals surface area contributed by atoms with Crippen LogP contribution in [0.15, 0.2) is 48.5 Å². The van der Waals surface area contributed by atoms with Crippen LogP contribution in [0.5, 0.6) is 0 Å². The summed E-state index contributed by atoms with van der Waals surface area (Å²) in [5, 5.41) is 1.64. The second-order valence-electron chi connectivity index (χ2n) is 7.14. The van der Waals surface area contributed by atoms with Crippen LogP contribution in [0.2, 0.25) is 10.0 Å². The molecule has 1 saturated heterocycles. The average Bonchev–Trinajstić information content (AvgIpc) is 2.66. The quantitative estimate of drug-likeness (QED) is 0.612. The summed E-state index contributed by atoms with van der Waals surface area (Å²) < 4.78 is 0. The van der Waals surface area contributed by atoms with Crippen molar-refractivity contribution in [3.8, 4) is 0 Å². The van der Waals surface area contributed by atoms with E-state index < -0.39 is 0 Å². The molecule has 140 valence electrons. The number of rotatable bonds is 8. The van der Waals surface area contributed by atoms with Crippen LogP contribution < -0.4 is 0 Å². The Bertz CT molecular complexity index is 587. The number of benzene rings is 2. The van der Waals surface area contributed by atoms with Crippen LogP contribution in [0.4, 0.5) is 0 Å². The summed E-state index contributed by atoms with van der Waals surface area (Å²) >= 11 is 11.9. The number of hydrogen-bond acceptors (Lipinski definition) is 2. The first-order chi connectivity index (χ1) is 12.7. The van der Waals surface area contributed by atoms with Crippen LogP contribution in [0.3, 0.4) is 0 Å². The lowest BCUT2D eigenvalue weighted by atomic mass is 10.1. The Balaban J connectivity index is 1.27. The van der Waals surface area contributed by atoms with E-state index in [9.17, 15) is 0 Å². The summed E-state index contributed by atoms with van der Waals surface area (Å²) in [4.78, 5) is 5.21. The Morgan fingerprint density at radius 1 is 0.577 bits per heavy atom. The van der Waals surface area contributed by atoms with E-state index in [-0.39, 0.29) is 0 Å². The van der Waals surface area contributed by atoms with Gasteiger partial charge in [-0.15, -0.1) is 0 Å². The van der Waals surface area contributed by atoms with Crippen molar-refractivity contribution in [2.45, 2.75) is 25.7 Å². The molecule has 0 spiro atoms. The molecule has 1 fully saturated rings. The Kier molecular flexibility index (Phi) is 7.82. The molecule has 0 amide bonds. The third kappa shape index (κ3) is 6.59. The molecule has 2 aromatic rings. The Morgan fingerprint density at radius 2 is 0.923 bits per heavy atom. The number of nitrogens with zero attached hydrogens (tertiary/aromatic N) is 2. The molecule has 4 heteroatoms. The lowest BCUT2D eigenvalue weighted by Gasteiger charge is -2.34. The maximum Gasteiger partial charge on any atom is 0.0406 e. The van der Waals surface area contributed by atoms with Gasteiger partial charge >= 0.3 is 0 Å². The highest BCUT2D eigenvalue weighted by Crippen LogP contribution is 2.13. The second-order valence-corrected chi connectivity index (χ2v) is 8.02. The first-order valence-corrected chi connectivity index (χ1v) is 10.4. The van der Waals surface area contributed by atoms with E-state index in [1.165, 1.54) is 63.2 Å². The molecule has 0 N–H and O–H groups in total. The zero-order chi connectivity index (χ0) is 18.2. The molecular formula is C22H28Cl2N2. The van der Waals surface area contributed by atoms with Gasteiger partial charge < -0.3 is 9.80 Å². The van der Waals surface area contributed by atoms with Crippen LogP contribution >= 0.6 is 23.2 Å². The monoisotopic (exact) mass is 390 g/mol. The molecule has 26 heavy (non-hydrogen) atoms. The van der Waals surface area contributed by atoms with Gasteiger partial charge in [0.2, 0.25) is 0 Å². The van der Waals surface area contributed by atoms with Gasteiger partial charge in [0.25, 0.3) is 0 Å². The number of piperazine rings is 1. The predicted octanol–water partition coefficient (Wildman–Crippen LogP) is 5.18. The molecule has 2 nitrogen and oxygen atoms in total. The average molecular weight is 391 g/mol. The standard InChI is InChI=1S/C22H28Cl2N2/c23-21-9-5-19(6-10-21)3-1-13-25-15-17-26(18-16-25)14-2-4-20-7-11-22(24)12-8-20/h5-12H,1-4,13-18H2. The van der Waals surface area contributed by atoms with Gasteiger partial charge in [0.15, 0.2) is 0 Å². The highest BCUT2D eigenvalue weighted by Gasteiger charge is 2.15. The fourth-order valence-corrected chi connectivity index (χ4v) is 3.80. The van der Waals surface area contributed by atoms with Crippen LogP contribution in [0.1, 0.15) is 24.0 Å². The van der Waals surface area contributed by atoms with Crippen LogP contribution in [0.25, 0.3) is 0 Å². The molecule has 0 unspecified atom stereocenters. The van der Waals surface area contributed by atoms with Gasteiger partial charge in [-0.3, -0.25) is 0 Å². The fourth-order valence-electron chi connectivity index (χ4n) is 3.55. The minimum absolute atomic E-state index is 0.820. The molecule has 1 aliphatic rings. The van der Waals surface area contributed by atoms with Crippen molar-refractivity contribution in [3.05, 3.63) is 69.7 Å². The lowest BCUT2D eigenvalue weighted by Crippen LogP contribution is -2.46. The molecule has 0 radical (unpaired) electrons. The summed E-state index contributed by atoms with van der Waals surface area (Å²) in [6.45, 7) is 7.18. The van der Waals surface area contributed by atoms with Crippen LogP contribution in [-0.4, -0.2) is 49.1 Å². The second kappa shape index (κ2) is 10.3. The number of aryl methyl sites for hydroxylation is 2. The maximum absolute atomic E-state index is 5.94. The molecule has 3 rings (SSSR count). The molecule has 0 aliphatic carbocycles. The van der Waals surface area contributed by atoms with Crippen LogP contribution in [-0.2, 0) is 12.8 Å². The topological polar surface area (TPSA) is 6.48 Å². The van der Waals surface area contributed by atoms with E-state index in [1.807, 2.05) is 24.3 Å². The molecule has 0 aromatic heterocycles. The smallest absolute Gasteiger partial charge is 0.0406 e. The molecule has 0 saturated carbocycles. The normalized spacial score (nSPS) is 16.1. The maximum atomic E-state index is 5.94. The van der Waals surface area contributed by atoms with Gasteiger partial charge in [-0.2, -0.15) is 0 Å². The fraction of sp³-hybridized carbons (Fsp3) is 0.455. The molecule has 0 atom stereocenters. The summed E-state index contributed by atoms with van der Waals surface area (Å²) in [5.41, 5.74) is 2.77. The zero-order valence-corrected chi connectivity index (χ0v) is 16.9. The Morgan fingerprint density at radius 3 is 1.27 bits per heavy atom. The first-order valence-electron chi connectivity index (χ1n) is 9.63. The summed E-state index contributed by atoms with van der Waals surface area (Å²) in [7, 11) is 0. The summed E-state index contributed by atoms with van der Waals surface area (Å²) in [6.07, 6.45) is 4.72. The highest BCUT2D eigenvalue weighted by molar-refractivity contribution is 6.30. The first kappa shape index (κ1) is 19.7. The van der Waals surface area contributed by atoms with Gasteiger partial charge in [-0.05, 0) is 74.2 Å². The third-order valence-electron chi connectivity index (χ3n) is 5.17. The van der Waals surface area contributed by atoms with Crippen molar-refractivity contribution in [1.82, 2.24) is 9.80 Å². The van der Waals surface area contributed by atoms with Crippen LogP contribution in [0, 0.1) is 0 Å². The molecule has 0 bridgehead atoms. The summed E-state index contributed by atoms with van der Waals surface area (Å²) in [6, 6.07) is 16.5. The van der Waals surface area contributed by atoms with E-state index in [0.29, 0.717) is 0 Å². The molecule has 1 heterocycles. The number of hydrogen-bond donors (Lipinski definition) is 0. The Hall–Kier alpha value is -1.06. The third-order valence-corrected chi connectivity index (χ3v) is 5.67. The van der Waals surface area contributed by atoms with E-state index in [2.05, 4.69) is 34.1 Å². The molecular weight excluding hydrogens is 363 g/mol. The minimum atomic E-state index is 0.820. The Labute approximate surface area is 167 Å². The van der Waals surface area contributed by atoms with Crippen molar-refractivity contribution in [2.75, 3.05) is 39.3 Å². The molecule has 2 aromatic carbocycles. The van der Waals surface area contributed by atoms with Crippen molar-refractivity contribution < 1.29 is 0 Å². The molecule has 1 aliphatic heterocycles.